The molecule has 0 saturated heterocycles. The number of nitrogens with one attached hydrogen (secondary N) is 1. The first-order chi connectivity index (χ1) is 15.5. The van der Waals surface area contributed by atoms with Crippen LogP contribution in [0.15, 0.2) is 55.0 Å². The quantitative estimate of drug-likeness (QED) is 0.453. The van der Waals surface area contributed by atoms with Gasteiger partial charge in [-0.2, -0.15) is 0 Å². The number of aromatic nitrogens is 3. The van der Waals surface area contributed by atoms with Crippen LogP contribution in [0.4, 0.5) is 4.39 Å². The summed E-state index contributed by atoms with van der Waals surface area (Å²) in [4.78, 5) is 25.2. The number of nitrogens with zero attached hydrogens (tertiary/aromatic N) is 3. The van der Waals surface area contributed by atoms with Crippen molar-refractivity contribution in [3.05, 3.63) is 71.9 Å². The molecule has 4 rings (SSSR count). The standard InChI is InChI=1S/C25H23FN4O2/c1-18-5-7-20(23-27-13-4-14-28-23)21(15-18)24(31)29-12-3-2-9-25(10-11-25)17-32-22-8-6-19(26)16-30-22/h4-8,13-16H,3,10-12,17H2,1H3,(H,29,31). The predicted octanol–water partition coefficient (Wildman–Crippen LogP) is 3.97. The smallest absolute Gasteiger partial charge is 0.252 e. The number of pyridine rings is 1. The molecule has 6 nitrogen and oxygen atoms in total. The normalized spacial score (nSPS) is 13.6. The minimum absolute atomic E-state index is 0.172. The van der Waals surface area contributed by atoms with E-state index in [0.29, 0.717) is 42.4 Å². The lowest BCUT2D eigenvalue weighted by molar-refractivity contribution is 0.0955. The Labute approximate surface area is 186 Å². The SMILES string of the molecule is Cc1ccc(-c2ncccn2)c(C(=O)NCCC#CC2(COc3ccc(F)cn3)CC2)c1. The van der Waals surface area contributed by atoms with Crippen LogP contribution in [0.5, 0.6) is 5.88 Å². The van der Waals surface area contributed by atoms with E-state index in [1.54, 1.807) is 18.5 Å². The molecule has 1 aliphatic carbocycles. The van der Waals surface area contributed by atoms with E-state index in [-0.39, 0.29) is 11.3 Å². The molecule has 0 atom stereocenters. The van der Waals surface area contributed by atoms with Crippen molar-refractivity contribution in [3.63, 3.8) is 0 Å². The lowest BCUT2D eigenvalue weighted by Gasteiger charge is -2.10. The van der Waals surface area contributed by atoms with Gasteiger partial charge in [-0.05, 0) is 38.0 Å². The van der Waals surface area contributed by atoms with Gasteiger partial charge in [0.05, 0.1) is 17.2 Å². The van der Waals surface area contributed by atoms with Gasteiger partial charge < -0.3 is 10.1 Å². The van der Waals surface area contributed by atoms with Crippen LogP contribution in [0.3, 0.4) is 0 Å². The molecule has 3 aromatic rings. The van der Waals surface area contributed by atoms with Crippen molar-refractivity contribution >= 4 is 5.91 Å². The van der Waals surface area contributed by atoms with Crippen LogP contribution in [0.25, 0.3) is 11.4 Å². The average molecular weight is 430 g/mol. The Morgan fingerprint density at radius 1 is 1.19 bits per heavy atom. The van der Waals surface area contributed by atoms with Crippen molar-refractivity contribution in [2.75, 3.05) is 13.2 Å². The molecule has 1 amide bonds. The van der Waals surface area contributed by atoms with Gasteiger partial charge in [-0.1, -0.05) is 23.6 Å². The molecule has 0 spiro atoms. The van der Waals surface area contributed by atoms with E-state index in [1.807, 2.05) is 25.1 Å². The number of halogens is 1. The molecule has 1 saturated carbocycles. The number of aryl methyl sites for hydroxylation is 1. The molecule has 2 aromatic heterocycles. The van der Waals surface area contributed by atoms with Crippen molar-refractivity contribution in [2.24, 2.45) is 5.41 Å². The molecule has 2 heterocycles. The van der Waals surface area contributed by atoms with Crippen molar-refractivity contribution in [1.82, 2.24) is 20.3 Å². The van der Waals surface area contributed by atoms with Crippen LogP contribution in [0, 0.1) is 30.0 Å². The van der Waals surface area contributed by atoms with Gasteiger partial charge in [0.15, 0.2) is 5.82 Å². The molecule has 1 aromatic carbocycles. The number of ether oxygens (including phenoxy) is 1. The van der Waals surface area contributed by atoms with Gasteiger partial charge in [-0.25, -0.2) is 19.3 Å². The second-order valence-electron chi connectivity index (χ2n) is 7.81. The fourth-order valence-corrected chi connectivity index (χ4v) is 3.18. The van der Waals surface area contributed by atoms with E-state index >= 15 is 0 Å². The molecule has 0 unspecified atom stereocenters. The first kappa shape index (κ1) is 21.4. The Hall–Kier alpha value is -3.79. The molecule has 0 radical (unpaired) electrons. The maximum absolute atomic E-state index is 12.9. The lowest BCUT2D eigenvalue weighted by atomic mass is 10.0. The van der Waals surface area contributed by atoms with Crippen LogP contribution in [0.1, 0.15) is 35.2 Å². The number of carbonyl (C=O) groups excluding carboxylic acids is 1. The lowest BCUT2D eigenvalue weighted by Crippen LogP contribution is -2.25. The summed E-state index contributed by atoms with van der Waals surface area (Å²) in [6, 6.07) is 10.2. The molecule has 1 fully saturated rings. The zero-order chi connectivity index (χ0) is 22.4. The third-order valence-electron chi connectivity index (χ3n) is 5.17. The van der Waals surface area contributed by atoms with Gasteiger partial charge in [-0.15, -0.1) is 5.92 Å². The third-order valence-corrected chi connectivity index (χ3v) is 5.17. The highest BCUT2D eigenvalue weighted by Crippen LogP contribution is 2.45. The first-order valence-corrected chi connectivity index (χ1v) is 10.5. The molecule has 7 heteroatoms. The van der Waals surface area contributed by atoms with Crippen molar-refractivity contribution in [1.29, 1.82) is 0 Å². The Balaban J connectivity index is 1.30. The molecule has 0 aliphatic heterocycles. The van der Waals surface area contributed by atoms with Crippen LogP contribution in [0.2, 0.25) is 0 Å². The molecular weight excluding hydrogens is 407 g/mol. The van der Waals surface area contributed by atoms with E-state index in [4.69, 9.17) is 4.74 Å². The Morgan fingerprint density at radius 2 is 2.00 bits per heavy atom. The third kappa shape index (κ3) is 5.46. The highest BCUT2D eigenvalue weighted by molar-refractivity contribution is 6.00. The maximum Gasteiger partial charge on any atom is 0.252 e. The number of amides is 1. The average Bonchev–Trinajstić information content (AvgIpc) is 3.59. The van der Waals surface area contributed by atoms with E-state index in [9.17, 15) is 9.18 Å². The van der Waals surface area contributed by atoms with Crippen molar-refractivity contribution < 1.29 is 13.9 Å². The predicted molar refractivity (Wildman–Crippen MR) is 118 cm³/mol. The Kier molecular flexibility index (Phi) is 6.41. The molecular formula is C25H23FN4O2. The van der Waals surface area contributed by atoms with Gasteiger partial charge in [0.25, 0.3) is 5.91 Å². The second-order valence-corrected chi connectivity index (χ2v) is 7.81. The zero-order valence-corrected chi connectivity index (χ0v) is 17.8. The summed E-state index contributed by atoms with van der Waals surface area (Å²) in [5, 5.41) is 2.93. The first-order valence-electron chi connectivity index (χ1n) is 10.5. The molecule has 162 valence electrons. The summed E-state index contributed by atoms with van der Waals surface area (Å²) < 4.78 is 18.6. The highest BCUT2D eigenvalue weighted by atomic mass is 19.1. The van der Waals surface area contributed by atoms with Gasteiger partial charge in [0.1, 0.15) is 12.4 Å². The van der Waals surface area contributed by atoms with E-state index in [0.717, 1.165) is 24.6 Å². The highest BCUT2D eigenvalue weighted by Gasteiger charge is 2.42. The van der Waals surface area contributed by atoms with Crippen molar-refractivity contribution in [2.45, 2.75) is 26.2 Å². The van der Waals surface area contributed by atoms with Crippen molar-refractivity contribution in [3.8, 4) is 29.1 Å². The topological polar surface area (TPSA) is 77.0 Å². The van der Waals surface area contributed by atoms with Gasteiger partial charge >= 0.3 is 0 Å². The second kappa shape index (κ2) is 9.56. The van der Waals surface area contributed by atoms with Crippen LogP contribution in [-0.2, 0) is 0 Å². The molecule has 1 aliphatic rings. The van der Waals surface area contributed by atoms with E-state index < -0.39 is 5.82 Å². The minimum Gasteiger partial charge on any atom is -0.476 e. The Bertz CT molecular complexity index is 1150. The molecule has 0 bridgehead atoms. The number of carbonyl (C=O) groups is 1. The van der Waals surface area contributed by atoms with Gasteiger partial charge in [0.2, 0.25) is 5.88 Å². The zero-order valence-electron chi connectivity index (χ0n) is 17.8. The summed E-state index contributed by atoms with van der Waals surface area (Å²) in [5.74, 6) is 6.75. The van der Waals surface area contributed by atoms with Crippen LogP contribution < -0.4 is 10.1 Å². The maximum atomic E-state index is 12.9. The molecule has 1 N–H and O–H groups in total. The van der Waals surface area contributed by atoms with Crippen LogP contribution >= 0.6 is 0 Å². The largest absolute Gasteiger partial charge is 0.476 e. The minimum atomic E-state index is -0.394. The van der Waals surface area contributed by atoms with E-state index in [2.05, 4.69) is 32.1 Å². The summed E-state index contributed by atoms with van der Waals surface area (Å²) in [6.07, 6.45) is 6.89. The summed E-state index contributed by atoms with van der Waals surface area (Å²) in [7, 11) is 0. The number of rotatable bonds is 7. The number of hydrogen-bond acceptors (Lipinski definition) is 5. The van der Waals surface area contributed by atoms with Gasteiger partial charge in [-0.3, -0.25) is 4.79 Å². The number of hydrogen-bond donors (Lipinski definition) is 1. The molecule has 32 heavy (non-hydrogen) atoms. The summed E-state index contributed by atoms with van der Waals surface area (Å²) in [5.41, 5.74) is 2.06. The fourth-order valence-electron chi connectivity index (χ4n) is 3.18. The summed E-state index contributed by atoms with van der Waals surface area (Å²) in [6.45, 7) is 2.80. The fraction of sp³-hybridized carbons (Fsp3) is 0.280. The number of benzene rings is 1. The summed E-state index contributed by atoms with van der Waals surface area (Å²) >= 11 is 0. The van der Waals surface area contributed by atoms with Gasteiger partial charge in [0, 0.05) is 37.0 Å². The monoisotopic (exact) mass is 430 g/mol. The van der Waals surface area contributed by atoms with Crippen LogP contribution in [-0.4, -0.2) is 34.0 Å². The van der Waals surface area contributed by atoms with E-state index in [1.165, 1.54) is 12.1 Å². The Morgan fingerprint density at radius 3 is 2.72 bits per heavy atom.